The Hall–Kier alpha value is -2.77. The summed E-state index contributed by atoms with van der Waals surface area (Å²) in [6.45, 7) is 0.599. The molecule has 0 aromatic carbocycles. The van der Waals surface area contributed by atoms with E-state index in [1.165, 1.54) is 22.9 Å². The van der Waals surface area contributed by atoms with Crippen molar-refractivity contribution in [1.82, 2.24) is 20.4 Å². The number of amides is 3. The number of aliphatic carboxylic acids is 1. The molecule has 0 spiro atoms. The molecule has 1 saturated heterocycles. The molecule has 29 heavy (non-hydrogen) atoms. The van der Waals surface area contributed by atoms with E-state index >= 15 is 0 Å². The van der Waals surface area contributed by atoms with Gasteiger partial charge in [-0.15, -0.1) is 11.8 Å². The number of allylic oxidation sites excluding steroid dienone is 1. The largest absolute Gasteiger partial charge is 0.477 e. The Labute approximate surface area is 172 Å². The number of hydrogen-bond donors (Lipinski definition) is 6. The second kappa shape index (κ2) is 9.62. The van der Waals surface area contributed by atoms with E-state index in [2.05, 4.69) is 15.6 Å². The van der Waals surface area contributed by atoms with E-state index in [4.69, 9.17) is 17.2 Å². The maximum atomic E-state index is 12.0. The summed E-state index contributed by atoms with van der Waals surface area (Å²) in [5, 5.41) is 14.3. The van der Waals surface area contributed by atoms with E-state index in [0.717, 1.165) is 0 Å². The van der Waals surface area contributed by atoms with Gasteiger partial charge in [-0.2, -0.15) is 0 Å². The molecule has 2 atom stereocenters. The van der Waals surface area contributed by atoms with Crippen LogP contribution in [0.1, 0.15) is 0 Å². The Morgan fingerprint density at radius 2 is 2.14 bits per heavy atom. The molecule has 9 N–H and O–H groups in total. The first-order valence-electron chi connectivity index (χ1n) is 8.76. The van der Waals surface area contributed by atoms with Crippen molar-refractivity contribution in [2.24, 2.45) is 22.2 Å². The first kappa shape index (κ1) is 22.5. The predicted octanol–water partition coefficient (Wildman–Crippen LogP) is -2.41. The van der Waals surface area contributed by atoms with Crippen LogP contribution in [0.15, 0.2) is 27.8 Å². The van der Waals surface area contributed by atoms with Crippen LogP contribution < -0.4 is 27.8 Å². The van der Waals surface area contributed by atoms with Crippen LogP contribution in [0.5, 0.6) is 0 Å². The van der Waals surface area contributed by atoms with Crippen molar-refractivity contribution in [3.63, 3.8) is 0 Å². The molecule has 3 amide bonds. The van der Waals surface area contributed by atoms with Gasteiger partial charge in [0.2, 0.25) is 5.91 Å². The summed E-state index contributed by atoms with van der Waals surface area (Å²) < 4.78 is 0. The minimum absolute atomic E-state index is 0.0245. The minimum atomic E-state index is -1.20. The number of urea groups is 1. The highest BCUT2D eigenvalue weighted by Gasteiger charge is 2.51. The molecular weight excluding hydrogens is 400 g/mol. The average Bonchev–Trinajstić information content (AvgIpc) is 2.69. The van der Waals surface area contributed by atoms with Gasteiger partial charge in [0.15, 0.2) is 0 Å². The lowest BCUT2D eigenvalue weighted by molar-refractivity contribution is -0.147. The molecule has 0 bridgehead atoms. The van der Waals surface area contributed by atoms with E-state index in [0.29, 0.717) is 11.3 Å². The summed E-state index contributed by atoms with van der Waals surface area (Å²) in [5.74, 6) is -0.986. The van der Waals surface area contributed by atoms with E-state index in [9.17, 15) is 19.5 Å². The summed E-state index contributed by atoms with van der Waals surface area (Å²) in [7, 11) is 3.40. The highest BCUT2D eigenvalue weighted by molar-refractivity contribution is 8.00. The number of carbonyl (C=O) groups is 3. The number of nitrogens with one attached hydrogen (secondary N) is 2. The number of thioether (sulfide) groups is 1. The van der Waals surface area contributed by atoms with Crippen molar-refractivity contribution in [3.8, 4) is 0 Å². The second-order valence-electron chi connectivity index (χ2n) is 6.53. The fourth-order valence-corrected chi connectivity index (χ4v) is 3.99. The standard InChI is InChI=1S/C16H26N8O4S/c1-23(2)12(19)9(22-16(28)21-4-3-17)6-20-5-8-7-29-14-10(18)13(25)24(14)11(8)15(26)27/h6,10,14H,3-5,7,17-19H2,1-2H3,(H,26,27)(H2,21,22,28)/b12-9+,20-6+/t10-,14-/m1/s1. The first-order chi connectivity index (χ1) is 13.7. The third-order valence-electron chi connectivity index (χ3n) is 4.23. The minimum Gasteiger partial charge on any atom is -0.477 e. The van der Waals surface area contributed by atoms with Crippen LogP contribution in [0.2, 0.25) is 0 Å². The van der Waals surface area contributed by atoms with Crippen molar-refractivity contribution in [3.05, 3.63) is 22.8 Å². The van der Waals surface area contributed by atoms with Gasteiger partial charge in [0.1, 0.15) is 28.6 Å². The van der Waals surface area contributed by atoms with Crippen LogP contribution in [-0.2, 0) is 9.59 Å². The van der Waals surface area contributed by atoms with Gasteiger partial charge in [0.05, 0.1) is 6.54 Å². The molecular formula is C16H26N8O4S. The number of β-lactam (4-membered cyclic amide) rings is 1. The zero-order chi connectivity index (χ0) is 21.7. The van der Waals surface area contributed by atoms with Gasteiger partial charge in [-0.05, 0) is 5.57 Å². The highest BCUT2D eigenvalue weighted by Crippen LogP contribution is 2.39. The summed E-state index contributed by atoms with van der Waals surface area (Å²) in [5.41, 5.74) is 17.7. The van der Waals surface area contributed by atoms with Crippen molar-refractivity contribution >= 4 is 35.9 Å². The van der Waals surface area contributed by atoms with Crippen LogP contribution >= 0.6 is 11.8 Å². The Balaban J connectivity index is 2.19. The zero-order valence-electron chi connectivity index (χ0n) is 16.2. The van der Waals surface area contributed by atoms with E-state index < -0.39 is 23.9 Å². The van der Waals surface area contributed by atoms with Gasteiger partial charge in [0.25, 0.3) is 0 Å². The molecule has 2 heterocycles. The van der Waals surface area contributed by atoms with E-state index in [1.54, 1.807) is 19.0 Å². The van der Waals surface area contributed by atoms with Gasteiger partial charge in [-0.25, -0.2) is 9.59 Å². The van der Waals surface area contributed by atoms with Gasteiger partial charge in [0, 0.05) is 39.2 Å². The summed E-state index contributed by atoms with van der Waals surface area (Å²) in [4.78, 5) is 42.6. The molecule has 1 fully saturated rings. The van der Waals surface area contributed by atoms with E-state index in [-0.39, 0.29) is 42.2 Å². The topological polar surface area (TPSA) is 192 Å². The third-order valence-corrected chi connectivity index (χ3v) is 5.59. The van der Waals surface area contributed by atoms with Crippen LogP contribution in [0.3, 0.4) is 0 Å². The monoisotopic (exact) mass is 426 g/mol. The van der Waals surface area contributed by atoms with Crippen molar-refractivity contribution in [2.75, 3.05) is 39.5 Å². The first-order valence-corrected chi connectivity index (χ1v) is 9.81. The molecule has 12 nitrogen and oxygen atoms in total. The molecule has 2 aliphatic heterocycles. The third kappa shape index (κ3) is 4.99. The summed E-state index contributed by atoms with van der Waals surface area (Å²) in [6.07, 6.45) is 1.35. The molecule has 0 aliphatic carbocycles. The number of hydrogen-bond acceptors (Lipinski definition) is 9. The number of aliphatic imine (C=N–C) groups is 1. The van der Waals surface area contributed by atoms with Gasteiger partial charge >= 0.3 is 12.0 Å². The number of carboxylic acids is 1. The molecule has 2 aliphatic rings. The van der Waals surface area contributed by atoms with Crippen molar-refractivity contribution in [1.29, 1.82) is 0 Å². The predicted molar refractivity (Wildman–Crippen MR) is 110 cm³/mol. The molecule has 0 unspecified atom stereocenters. The van der Waals surface area contributed by atoms with Gasteiger partial charge < -0.3 is 37.8 Å². The molecule has 0 aromatic rings. The maximum Gasteiger partial charge on any atom is 0.352 e. The highest BCUT2D eigenvalue weighted by atomic mass is 32.2. The number of nitrogens with zero attached hydrogens (tertiary/aromatic N) is 3. The Morgan fingerprint density at radius 1 is 1.45 bits per heavy atom. The molecule has 2 rings (SSSR count). The van der Waals surface area contributed by atoms with Crippen LogP contribution in [0, 0.1) is 0 Å². The molecule has 0 saturated carbocycles. The summed E-state index contributed by atoms with van der Waals surface area (Å²) >= 11 is 1.39. The fraction of sp³-hybridized carbons (Fsp3) is 0.500. The van der Waals surface area contributed by atoms with Gasteiger partial charge in [-0.1, -0.05) is 0 Å². The SMILES string of the molecule is CN(C)/C(N)=C(\C=N\CC1=C(C(=O)O)N2C(=O)[C@@H](N)[C@H]2SC1)NC(=O)NCCN. The van der Waals surface area contributed by atoms with Crippen molar-refractivity contribution < 1.29 is 19.5 Å². The Bertz CT molecular complexity index is 779. The van der Waals surface area contributed by atoms with Crippen LogP contribution in [0.25, 0.3) is 0 Å². The molecule has 0 radical (unpaired) electrons. The number of carboxylic acid groups (broad SMARTS) is 1. The molecule has 160 valence electrons. The quantitative estimate of drug-likeness (QED) is 0.181. The summed E-state index contributed by atoms with van der Waals surface area (Å²) in [6, 6.07) is -1.19. The maximum absolute atomic E-state index is 12.0. The van der Waals surface area contributed by atoms with E-state index in [1.807, 2.05) is 0 Å². The normalized spacial score (nSPS) is 22.1. The lowest BCUT2D eigenvalue weighted by Crippen LogP contribution is -2.68. The Morgan fingerprint density at radius 3 is 2.72 bits per heavy atom. The molecule has 13 heteroatoms. The van der Waals surface area contributed by atoms with Gasteiger partial charge in [-0.3, -0.25) is 14.7 Å². The van der Waals surface area contributed by atoms with Crippen LogP contribution in [-0.4, -0.2) is 89.9 Å². The number of carbonyl (C=O) groups excluding carboxylic acids is 2. The van der Waals surface area contributed by atoms with Crippen molar-refractivity contribution in [2.45, 2.75) is 11.4 Å². The molecule has 0 aromatic heterocycles. The lowest BCUT2D eigenvalue weighted by Gasteiger charge is -2.47. The second-order valence-corrected chi connectivity index (χ2v) is 7.63. The smallest absolute Gasteiger partial charge is 0.352 e. The number of nitrogens with two attached hydrogens (primary N) is 3. The lowest BCUT2D eigenvalue weighted by atomic mass is 10.0. The average molecular weight is 427 g/mol. The number of rotatable bonds is 8. The number of fused-ring (bicyclic) bond motifs is 1. The fourth-order valence-electron chi connectivity index (χ4n) is 2.70. The Kier molecular flexibility index (Phi) is 7.47. The van der Waals surface area contributed by atoms with Crippen LogP contribution in [0.4, 0.5) is 4.79 Å². The zero-order valence-corrected chi connectivity index (χ0v) is 17.0.